The number of alkyl halides is 2. The molecule has 0 saturated heterocycles. The van der Waals surface area contributed by atoms with E-state index in [0.29, 0.717) is 9.04 Å². The van der Waals surface area contributed by atoms with Crippen molar-refractivity contribution in [2.75, 3.05) is 0 Å². The summed E-state index contributed by atoms with van der Waals surface area (Å²) < 4.78 is 24.9. The van der Waals surface area contributed by atoms with Crippen molar-refractivity contribution in [1.29, 1.82) is 0 Å². The van der Waals surface area contributed by atoms with Gasteiger partial charge in [0.2, 0.25) is 0 Å². The molecule has 1 heterocycles. The van der Waals surface area contributed by atoms with Crippen LogP contribution in [-0.4, -0.2) is 5.11 Å². The highest BCUT2D eigenvalue weighted by molar-refractivity contribution is 9.10. The van der Waals surface area contributed by atoms with E-state index in [4.69, 9.17) is 5.11 Å². The lowest BCUT2D eigenvalue weighted by Gasteiger charge is -1.95. The Morgan fingerprint density at radius 2 is 2.09 bits per heavy atom. The second-order valence-corrected chi connectivity index (χ2v) is 2.81. The van der Waals surface area contributed by atoms with Gasteiger partial charge in [0.1, 0.15) is 0 Å². The van der Waals surface area contributed by atoms with Crippen LogP contribution in [0, 0.1) is 0 Å². The van der Waals surface area contributed by atoms with Gasteiger partial charge in [-0.3, -0.25) is 0 Å². The van der Waals surface area contributed by atoms with Crippen LogP contribution in [0.3, 0.4) is 0 Å². The van der Waals surface area contributed by atoms with E-state index >= 15 is 0 Å². The van der Waals surface area contributed by atoms with Crippen molar-refractivity contribution < 1.29 is 18.5 Å². The van der Waals surface area contributed by atoms with E-state index in [0.717, 1.165) is 6.20 Å². The van der Waals surface area contributed by atoms with Crippen LogP contribution in [0.4, 0.5) is 8.78 Å². The molecule has 0 spiro atoms. The molecule has 0 aromatic carbocycles. The first kappa shape index (κ1) is 8.39. The zero-order chi connectivity index (χ0) is 8.43. The Labute approximate surface area is 70.2 Å². The first-order valence-corrected chi connectivity index (χ1v) is 3.58. The summed E-state index contributed by atoms with van der Waals surface area (Å²) in [6.07, 6.45) is 1.11. The summed E-state index contributed by atoms with van der Waals surface area (Å²) >= 11 is 3.00. The minimum atomic E-state index is -2.72. The number of aromatic hydroxyl groups is 1. The Hall–Kier alpha value is -0.710. The van der Waals surface area contributed by atoms with E-state index in [1.165, 1.54) is 12.1 Å². The maximum absolute atomic E-state index is 12.0. The summed E-state index contributed by atoms with van der Waals surface area (Å²) in [7, 11) is 0. The minimum absolute atomic E-state index is 0.455. The number of rotatable bonds is 1. The van der Waals surface area contributed by atoms with Crippen LogP contribution in [0.1, 0.15) is 6.55 Å². The third-order valence-electron chi connectivity index (χ3n) is 1.13. The highest BCUT2D eigenvalue weighted by Gasteiger charge is 2.19. The molecule has 0 unspecified atom stereocenters. The molecule has 2 nitrogen and oxygen atoms in total. The van der Waals surface area contributed by atoms with E-state index in [2.05, 4.69) is 15.9 Å². The molecule has 0 atom stereocenters. The topological polar surface area (TPSA) is 24.1 Å². The van der Waals surface area contributed by atoms with Gasteiger partial charge in [0.05, 0.1) is 10.5 Å². The summed E-state index contributed by atoms with van der Waals surface area (Å²) in [4.78, 5) is 0. The fraction of sp³-hybridized carbons (Fsp3) is 0.167. The summed E-state index contributed by atoms with van der Waals surface area (Å²) in [6, 6.07) is 2.67. The third-order valence-corrected chi connectivity index (χ3v) is 1.60. The van der Waals surface area contributed by atoms with Crippen molar-refractivity contribution >= 4 is 15.9 Å². The standard InChI is InChI=1S/C6H4BrF2NO/c7-4-1-2-5(11)10(3-4)6(8)9/h1-3,6H/p+1. The fourth-order valence-corrected chi connectivity index (χ4v) is 0.991. The number of aromatic nitrogens is 1. The van der Waals surface area contributed by atoms with Crippen molar-refractivity contribution in [2.24, 2.45) is 0 Å². The van der Waals surface area contributed by atoms with Crippen molar-refractivity contribution in [1.82, 2.24) is 0 Å². The summed E-state index contributed by atoms with van der Waals surface area (Å²) in [6.45, 7) is -2.72. The van der Waals surface area contributed by atoms with Crippen molar-refractivity contribution in [2.45, 2.75) is 6.55 Å². The molecule has 60 valence electrons. The van der Waals surface area contributed by atoms with Crippen molar-refractivity contribution in [3.8, 4) is 5.88 Å². The summed E-state index contributed by atoms with van der Waals surface area (Å²) in [5, 5.41) is 8.87. The predicted octanol–water partition coefficient (Wildman–Crippen LogP) is 1.84. The van der Waals surface area contributed by atoms with Crippen LogP contribution < -0.4 is 4.57 Å². The molecule has 0 bridgehead atoms. The lowest BCUT2D eigenvalue weighted by Crippen LogP contribution is -2.34. The largest absolute Gasteiger partial charge is 0.460 e. The van der Waals surface area contributed by atoms with Gasteiger partial charge in [0.25, 0.3) is 0 Å². The highest BCUT2D eigenvalue weighted by atomic mass is 79.9. The van der Waals surface area contributed by atoms with Crippen LogP contribution in [0.25, 0.3) is 0 Å². The Balaban J connectivity index is 3.13. The van der Waals surface area contributed by atoms with Crippen molar-refractivity contribution in [3.63, 3.8) is 0 Å². The molecule has 0 aliphatic heterocycles. The lowest BCUT2D eigenvalue weighted by atomic mass is 10.5. The van der Waals surface area contributed by atoms with Gasteiger partial charge in [0.15, 0.2) is 6.20 Å². The molecule has 0 saturated carbocycles. The Morgan fingerprint density at radius 3 is 2.55 bits per heavy atom. The molecule has 0 amide bonds. The molecule has 0 radical (unpaired) electrons. The molecule has 0 aliphatic carbocycles. The van der Waals surface area contributed by atoms with E-state index in [9.17, 15) is 8.78 Å². The van der Waals surface area contributed by atoms with E-state index < -0.39 is 12.4 Å². The van der Waals surface area contributed by atoms with Crippen molar-refractivity contribution in [3.05, 3.63) is 22.8 Å². The van der Waals surface area contributed by atoms with E-state index in [1.807, 2.05) is 0 Å². The quantitative estimate of drug-likeness (QED) is 0.724. The Bertz CT molecular complexity index is 267. The molecule has 1 N–H and O–H groups in total. The lowest BCUT2D eigenvalue weighted by molar-refractivity contribution is -0.777. The smallest absolute Gasteiger partial charge is 0.454 e. The average Bonchev–Trinajstić information content (AvgIpc) is 1.94. The van der Waals surface area contributed by atoms with Gasteiger partial charge in [-0.1, -0.05) is 0 Å². The zero-order valence-corrected chi connectivity index (χ0v) is 6.92. The van der Waals surface area contributed by atoms with Crippen LogP contribution in [0.15, 0.2) is 22.8 Å². The van der Waals surface area contributed by atoms with Crippen LogP contribution >= 0.6 is 15.9 Å². The van der Waals surface area contributed by atoms with Gasteiger partial charge < -0.3 is 5.11 Å². The molecule has 0 fully saturated rings. The fourth-order valence-electron chi connectivity index (χ4n) is 0.639. The van der Waals surface area contributed by atoms with Gasteiger partial charge in [-0.15, -0.1) is 13.3 Å². The number of hydrogen-bond donors (Lipinski definition) is 1. The Kier molecular flexibility index (Phi) is 2.38. The molecule has 0 aliphatic rings. The van der Waals surface area contributed by atoms with Gasteiger partial charge in [-0.05, 0) is 22.0 Å². The first-order chi connectivity index (χ1) is 5.11. The first-order valence-electron chi connectivity index (χ1n) is 2.79. The molecule has 1 rings (SSSR count). The number of hydrogen-bond acceptors (Lipinski definition) is 1. The summed E-state index contributed by atoms with van der Waals surface area (Å²) in [5.41, 5.74) is 0. The normalized spacial score (nSPS) is 10.5. The van der Waals surface area contributed by atoms with Crippen LogP contribution in [0.2, 0.25) is 0 Å². The third kappa shape index (κ3) is 1.86. The minimum Gasteiger partial charge on any atom is -0.460 e. The molecule has 11 heavy (non-hydrogen) atoms. The van der Waals surface area contributed by atoms with Crippen LogP contribution in [-0.2, 0) is 0 Å². The van der Waals surface area contributed by atoms with Gasteiger partial charge in [0, 0.05) is 0 Å². The number of pyridine rings is 1. The van der Waals surface area contributed by atoms with Gasteiger partial charge >= 0.3 is 12.4 Å². The number of nitrogens with zero attached hydrogens (tertiary/aromatic N) is 1. The van der Waals surface area contributed by atoms with E-state index in [1.54, 1.807) is 0 Å². The molecule has 1 aromatic heterocycles. The molecule has 1 aromatic rings. The molecular formula is C6H5BrF2NO+. The summed E-state index contributed by atoms with van der Waals surface area (Å²) in [5.74, 6) is -0.455. The molecular weight excluding hydrogens is 220 g/mol. The maximum atomic E-state index is 12.0. The number of halogens is 3. The average molecular weight is 225 g/mol. The second-order valence-electron chi connectivity index (χ2n) is 1.89. The van der Waals surface area contributed by atoms with Gasteiger partial charge in [-0.2, -0.15) is 0 Å². The van der Waals surface area contributed by atoms with Crippen LogP contribution in [0.5, 0.6) is 5.88 Å². The predicted molar refractivity (Wildman–Crippen MR) is 37.3 cm³/mol. The van der Waals surface area contributed by atoms with E-state index in [-0.39, 0.29) is 0 Å². The zero-order valence-electron chi connectivity index (χ0n) is 5.34. The second kappa shape index (κ2) is 3.13. The molecule has 5 heteroatoms. The SMILES string of the molecule is Oc1ccc(Br)c[n+]1C(F)F. The Morgan fingerprint density at radius 1 is 1.45 bits per heavy atom. The monoisotopic (exact) mass is 224 g/mol. The van der Waals surface area contributed by atoms with Gasteiger partial charge in [-0.25, -0.2) is 0 Å². The maximum Gasteiger partial charge on any atom is 0.454 e. The highest BCUT2D eigenvalue weighted by Crippen LogP contribution is 2.13.